The Morgan fingerprint density at radius 3 is 1.52 bits per heavy atom. The second-order valence-corrected chi connectivity index (χ2v) is 9.01. The molecule has 108 valence electrons. The van der Waals surface area contributed by atoms with E-state index in [0.29, 0.717) is 0 Å². The van der Waals surface area contributed by atoms with E-state index < -0.39 is 9.62 Å². The van der Waals surface area contributed by atoms with Crippen LogP contribution in [0.2, 0.25) is 0 Å². The zero-order chi connectivity index (χ0) is 14.9. The third-order valence-electron chi connectivity index (χ3n) is 4.07. The van der Waals surface area contributed by atoms with Crippen molar-refractivity contribution in [1.29, 1.82) is 0 Å². The molecule has 1 aliphatic heterocycles. The molecule has 0 saturated carbocycles. The van der Waals surface area contributed by atoms with E-state index in [1.165, 1.54) is 26.5 Å². The minimum absolute atomic E-state index is 1.31. The third kappa shape index (κ3) is 2.66. The maximum absolute atomic E-state index is 2.43. The van der Waals surface area contributed by atoms with Gasteiger partial charge in [-0.1, -0.05) is 53.1 Å². The molecule has 0 amide bonds. The topological polar surface area (TPSA) is 0 Å². The minimum Gasteiger partial charge on any atom is -0.190 e. The molecule has 0 atom stereocenters. The number of thiol groups is 1. The predicted molar refractivity (Wildman–Crippen MR) is 96.8 cm³/mol. The van der Waals surface area contributed by atoms with Gasteiger partial charge in [0.2, 0.25) is 0 Å². The summed E-state index contributed by atoms with van der Waals surface area (Å²) in [5.41, 5.74) is 3.95. The van der Waals surface area contributed by atoms with E-state index in [-0.39, 0.29) is 0 Å². The molecular formula is C20H22S. The van der Waals surface area contributed by atoms with E-state index in [2.05, 4.69) is 92.2 Å². The molecule has 0 N–H and O–H groups in total. The Balaban J connectivity index is 2.24. The summed E-state index contributed by atoms with van der Waals surface area (Å²) >= 11 is 0. The molecule has 1 aliphatic rings. The minimum atomic E-state index is -1.55. The van der Waals surface area contributed by atoms with E-state index in [4.69, 9.17) is 0 Å². The molecule has 0 saturated heterocycles. The van der Waals surface area contributed by atoms with Crippen molar-refractivity contribution in [2.45, 2.75) is 30.6 Å². The Kier molecular flexibility index (Phi) is 3.69. The lowest BCUT2D eigenvalue weighted by molar-refractivity contribution is 1.33. The van der Waals surface area contributed by atoms with E-state index in [9.17, 15) is 0 Å². The molecule has 21 heavy (non-hydrogen) atoms. The molecule has 3 rings (SSSR count). The molecule has 0 fully saturated rings. The molecule has 0 aliphatic carbocycles. The fourth-order valence-electron chi connectivity index (χ4n) is 2.65. The summed E-state index contributed by atoms with van der Waals surface area (Å²) in [6.45, 7) is 6.45. The van der Waals surface area contributed by atoms with Gasteiger partial charge in [-0.05, 0) is 65.6 Å². The van der Waals surface area contributed by atoms with Gasteiger partial charge in [-0.25, -0.2) is 0 Å². The Morgan fingerprint density at radius 2 is 1.14 bits per heavy atom. The molecule has 0 bridgehead atoms. The first-order valence-electron chi connectivity index (χ1n) is 7.35. The van der Waals surface area contributed by atoms with Gasteiger partial charge in [-0.2, -0.15) is 9.62 Å². The highest BCUT2D eigenvalue weighted by Crippen LogP contribution is 2.55. The molecule has 0 aromatic heterocycles. The quantitative estimate of drug-likeness (QED) is 0.546. The summed E-state index contributed by atoms with van der Waals surface area (Å²) < 4.78 is 0. The summed E-state index contributed by atoms with van der Waals surface area (Å²) in [4.78, 5) is 2.86. The summed E-state index contributed by atoms with van der Waals surface area (Å²) in [6.07, 6.45) is 4.54. The fraction of sp³-hybridized carbons (Fsp3) is 0.150. The van der Waals surface area contributed by atoms with Crippen LogP contribution in [0.15, 0.2) is 81.5 Å². The van der Waals surface area contributed by atoms with Gasteiger partial charge in [0.1, 0.15) is 0 Å². The standard InChI is InChI=1S/C20H22S/c1-16-4-8-19(9-5-16)21(14-12-18(3)13-15-21)20-10-6-17(2)7-11-20/h4-15,21H,1-3H3. The van der Waals surface area contributed by atoms with Crippen LogP contribution in [-0.2, 0) is 0 Å². The van der Waals surface area contributed by atoms with Crippen LogP contribution in [0.4, 0.5) is 0 Å². The highest BCUT2D eigenvalue weighted by Gasteiger charge is 2.16. The Bertz CT molecular complexity index is 707. The van der Waals surface area contributed by atoms with Gasteiger partial charge in [0.05, 0.1) is 0 Å². The van der Waals surface area contributed by atoms with Crippen LogP contribution in [-0.4, -0.2) is 5.37 Å². The first kappa shape index (κ1) is 14.1. The summed E-state index contributed by atoms with van der Waals surface area (Å²) in [5, 5.41) is 4.86. The van der Waals surface area contributed by atoms with Gasteiger partial charge in [-0.15, -0.1) is 0 Å². The third-order valence-corrected chi connectivity index (χ3v) is 7.61. The molecule has 0 spiro atoms. The number of benzene rings is 2. The van der Waals surface area contributed by atoms with Crippen molar-refractivity contribution < 1.29 is 0 Å². The van der Waals surface area contributed by atoms with Crippen LogP contribution in [0.25, 0.3) is 0 Å². The van der Waals surface area contributed by atoms with Crippen LogP contribution in [0, 0.1) is 13.8 Å². The predicted octanol–water partition coefficient (Wildman–Crippen LogP) is 5.53. The Hall–Kier alpha value is -1.86. The van der Waals surface area contributed by atoms with E-state index in [1.807, 2.05) is 0 Å². The molecular weight excluding hydrogens is 272 g/mol. The van der Waals surface area contributed by atoms with Crippen LogP contribution >= 0.6 is 9.62 Å². The van der Waals surface area contributed by atoms with Gasteiger partial charge < -0.3 is 0 Å². The maximum atomic E-state index is 2.43. The number of hydrogen-bond donors (Lipinski definition) is 1. The fourth-order valence-corrected chi connectivity index (χ4v) is 5.96. The van der Waals surface area contributed by atoms with Gasteiger partial charge in [0.15, 0.2) is 0 Å². The van der Waals surface area contributed by atoms with E-state index in [0.717, 1.165) is 0 Å². The van der Waals surface area contributed by atoms with Crippen LogP contribution < -0.4 is 0 Å². The number of allylic oxidation sites excluding steroid dienone is 3. The second-order valence-electron chi connectivity index (χ2n) is 5.82. The molecule has 0 nitrogen and oxygen atoms in total. The lowest BCUT2D eigenvalue weighted by atomic mass is 10.2. The van der Waals surface area contributed by atoms with Crippen LogP contribution in [0.5, 0.6) is 0 Å². The van der Waals surface area contributed by atoms with Crippen molar-refractivity contribution in [2.75, 3.05) is 0 Å². The van der Waals surface area contributed by atoms with Crippen molar-refractivity contribution in [2.24, 2.45) is 0 Å². The van der Waals surface area contributed by atoms with Crippen molar-refractivity contribution in [3.8, 4) is 0 Å². The number of hydrogen-bond acceptors (Lipinski definition) is 0. The highest BCUT2D eigenvalue weighted by atomic mass is 32.2. The van der Waals surface area contributed by atoms with E-state index >= 15 is 0 Å². The zero-order valence-corrected chi connectivity index (χ0v) is 13.8. The maximum Gasteiger partial charge on any atom is -0.00868 e. The van der Waals surface area contributed by atoms with Crippen molar-refractivity contribution in [1.82, 2.24) is 0 Å². The molecule has 1 heterocycles. The Labute approximate surface area is 128 Å². The highest BCUT2D eigenvalue weighted by molar-refractivity contribution is 8.34. The monoisotopic (exact) mass is 294 g/mol. The largest absolute Gasteiger partial charge is 0.190 e. The van der Waals surface area contributed by atoms with Gasteiger partial charge >= 0.3 is 0 Å². The summed E-state index contributed by atoms with van der Waals surface area (Å²) in [6, 6.07) is 18.0. The van der Waals surface area contributed by atoms with Crippen molar-refractivity contribution in [3.05, 3.63) is 82.8 Å². The average Bonchev–Trinajstić information content (AvgIpc) is 2.50. The molecule has 1 heteroatoms. The van der Waals surface area contributed by atoms with Crippen molar-refractivity contribution >= 4 is 15.0 Å². The van der Waals surface area contributed by atoms with Crippen LogP contribution in [0.3, 0.4) is 0 Å². The van der Waals surface area contributed by atoms with E-state index in [1.54, 1.807) is 0 Å². The molecule has 2 aromatic carbocycles. The Morgan fingerprint density at radius 1 is 0.667 bits per heavy atom. The smallest absolute Gasteiger partial charge is 0.00868 e. The molecule has 0 unspecified atom stereocenters. The molecule has 2 aromatic rings. The van der Waals surface area contributed by atoms with Gasteiger partial charge in [-0.3, -0.25) is 0 Å². The number of aryl methyl sites for hydroxylation is 2. The summed E-state index contributed by atoms with van der Waals surface area (Å²) in [5.74, 6) is 0. The van der Waals surface area contributed by atoms with Crippen molar-refractivity contribution in [3.63, 3.8) is 0 Å². The first-order valence-corrected chi connectivity index (χ1v) is 9.28. The first-order chi connectivity index (χ1) is 10.1. The van der Waals surface area contributed by atoms with Gasteiger partial charge in [0.25, 0.3) is 0 Å². The summed E-state index contributed by atoms with van der Waals surface area (Å²) in [7, 11) is -1.55. The van der Waals surface area contributed by atoms with Gasteiger partial charge in [0, 0.05) is 0 Å². The number of rotatable bonds is 2. The normalized spacial score (nSPS) is 17.8. The SMILES string of the molecule is CC1=CC=[SH](c2ccc(C)cc2)(c2ccc(C)cc2)C=C1. The zero-order valence-electron chi connectivity index (χ0n) is 12.9. The lowest BCUT2D eigenvalue weighted by Gasteiger charge is -2.31. The van der Waals surface area contributed by atoms with Crippen LogP contribution in [0.1, 0.15) is 18.1 Å². The lowest BCUT2D eigenvalue weighted by Crippen LogP contribution is -1.97. The average molecular weight is 294 g/mol. The molecule has 0 radical (unpaired) electrons. The second kappa shape index (κ2) is 5.50.